The first-order valence-electron chi connectivity index (χ1n) is 24.6. The first-order chi connectivity index (χ1) is 33.1. The smallest absolute Gasteiger partial charge is 0.326 e. The van der Waals surface area contributed by atoms with Gasteiger partial charge in [0.2, 0.25) is 23.6 Å². The first kappa shape index (κ1) is 69.5. The van der Waals surface area contributed by atoms with Crippen LogP contribution >= 0.6 is 12.8 Å². The predicted octanol–water partition coefficient (Wildman–Crippen LogP) is 3.01. The maximum atomic E-state index is 12.3. The number of carbonyl (C=O) groups is 8. The number of rotatable bonds is 46. The van der Waals surface area contributed by atoms with E-state index in [1.807, 2.05) is 14.1 Å². The van der Waals surface area contributed by atoms with Crippen LogP contribution in [0.25, 0.3) is 0 Å². The Morgan fingerprint density at radius 3 is 1.36 bits per heavy atom. The van der Waals surface area contributed by atoms with Crippen molar-refractivity contribution in [2.24, 2.45) is 5.73 Å². The fourth-order valence-corrected chi connectivity index (χ4v) is 6.04. The summed E-state index contributed by atoms with van der Waals surface area (Å²) in [5.41, 5.74) is 4.53. The van der Waals surface area contributed by atoms with E-state index in [-0.39, 0.29) is 121 Å². The van der Waals surface area contributed by atoms with Crippen LogP contribution in [-0.2, 0) is 57.3 Å². The van der Waals surface area contributed by atoms with Crippen LogP contribution in [0.15, 0.2) is 0 Å². The molecule has 0 saturated carbocycles. The van der Waals surface area contributed by atoms with Crippen molar-refractivity contribution in [3.05, 3.63) is 0 Å². The number of ether oxygens (including phenoxy) is 4. The molecule has 4 amide bonds. The van der Waals surface area contributed by atoms with Gasteiger partial charge in [-0.1, -0.05) is 89.9 Å². The summed E-state index contributed by atoms with van der Waals surface area (Å²) in [5, 5.41) is 31.5. The molecule has 69 heavy (non-hydrogen) atoms. The Bertz CT molecular complexity index is 1310. The third-order valence-corrected chi connectivity index (χ3v) is 9.91. The second-order valence-corrected chi connectivity index (χ2v) is 17.3. The fraction of sp³-hybridized carbons (Fsp3) is 0.830. The lowest BCUT2D eigenvalue weighted by Crippen LogP contribution is -2.41. The highest BCUT2D eigenvalue weighted by Gasteiger charge is 2.21. The maximum absolute atomic E-state index is 12.3. The number of carboxylic acids is 2. The summed E-state index contributed by atoms with van der Waals surface area (Å²) in [5.74, 6) is -3.14. The van der Waals surface area contributed by atoms with Gasteiger partial charge in [-0.15, -0.1) is 0 Å². The second kappa shape index (κ2) is 52.1. The SMILES string of the molecule is CC(C)(N)C=O.CNC.O=CC(CCCCNC(=O)COCCOCCNC(=O)COCCOCCNC(=O)CC[C@H](NC(=O)CCCCCCCCCCCCCCCCC(=O)O)C(=O)O)NS. The Hall–Kier alpha value is -3.77. The summed E-state index contributed by atoms with van der Waals surface area (Å²) in [6, 6.07) is -1.44. The van der Waals surface area contributed by atoms with Crippen LogP contribution in [0.1, 0.15) is 149 Å². The Morgan fingerprint density at radius 1 is 0.551 bits per heavy atom. The summed E-state index contributed by atoms with van der Waals surface area (Å²) in [6.07, 6.45) is 19.1. The highest BCUT2D eigenvalue weighted by molar-refractivity contribution is 7.78. The van der Waals surface area contributed by atoms with Crippen molar-refractivity contribution in [2.45, 2.75) is 166 Å². The van der Waals surface area contributed by atoms with Crippen LogP contribution < -0.4 is 37.0 Å². The van der Waals surface area contributed by atoms with E-state index in [0.29, 0.717) is 25.7 Å². The molecule has 2 atom stereocenters. The number of carboxylic acid groups (broad SMARTS) is 2. The Labute approximate surface area is 417 Å². The minimum Gasteiger partial charge on any atom is -0.481 e. The van der Waals surface area contributed by atoms with Gasteiger partial charge in [0, 0.05) is 38.9 Å². The zero-order chi connectivity index (χ0) is 52.2. The highest BCUT2D eigenvalue weighted by atomic mass is 32.1. The van der Waals surface area contributed by atoms with Crippen molar-refractivity contribution in [1.29, 1.82) is 0 Å². The van der Waals surface area contributed by atoms with E-state index < -0.39 is 23.5 Å². The largest absolute Gasteiger partial charge is 0.481 e. The van der Waals surface area contributed by atoms with Gasteiger partial charge in [-0.2, -0.15) is 0 Å². The minimum absolute atomic E-state index is 0.0271. The van der Waals surface area contributed by atoms with Gasteiger partial charge in [0.15, 0.2) is 0 Å². The molecule has 0 aliphatic carbocycles. The van der Waals surface area contributed by atoms with Crippen LogP contribution in [-0.4, -0.2) is 163 Å². The van der Waals surface area contributed by atoms with Gasteiger partial charge < -0.3 is 71.1 Å². The van der Waals surface area contributed by atoms with E-state index >= 15 is 0 Å². The van der Waals surface area contributed by atoms with Gasteiger partial charge in [0.25, 0.3) is 0 Å². The number of aliphatic carboxylic acids is 2. The van der Waals surface area contributed by atoms with Crippen molar-refractivity contribution >= 4 is 61.0 Å². The van der Waals surface area contributed by atoms with Crippen LogP contribution in [0.3, 0.4) is 0 Å². The molecular formula is C47H91N7O14S. The molecule has 10 N–H and O–H groups in total. The standard InChI is InChI=1S/C41H75N5O13S.C4H9NO.C2H7N/c47-31-34(46-60)17-15-16-22-42-38(50)32-58-29-28-57-26-24-44-39(51)33-59-30-27-56-25-23-43-36(48)21-20-35(41(54)55)45-37(49)18-13-11-9-7-5-3-1-2-4-6-8-10-12-14-19-40(52)53;1-4(2,5)3-6;1-3-2/h31,34-35,46,60H,1-30,32-33H2,(H,42,50)(H,43,48)(H,44,51)(H,45,49)(H,52,53)(H,54,55);3H,5H2,1-2H3;3H,1-2H3/t34?,35-;;/m0../s1. The summed E-state index contributed by atoms with van der Waals surface area (Å²) < 4.78 is 23.9. The van der Waals surface area contributed by atoms with E-state index in [1.54, 1.807) is 13.8 Å². The Kier molecular flexibility index (Phi) is 52.4. The Morgan fingerprint density at radius 2 is 0.957 bits per heavy atom. The summed E-state index contributed by atoms with van der Waals surface area (Å²) in [6.45, 7) is 5.35. The van der Waals surface area contributed by atoms with Crippen molar-refractivity contribution in [3.8, 4) is 0 Å². The van der Waals surface area contributed by atoms with Crippen molar-refractivity contribution in [2.75, 3.05) is 86.6 Å². The van der Waals surface area contributed by atoms with E-state index in [2.05, 4.69) is 44.1 Å². The van der Waals surface area contributed by atoms with Crippen molar-refractivity contribution in [3.63, 3.8) is 0 Å². The van der Waals surface area contributed by atoms with Crippen LogP contribution in [0, 0.1) is 0 Å². The molecule has 0 aliphatic rings. The number of thiol groups is 1. The molecule has 0 aromatic rings. The van der Waals surface area contributed by atoms with Gasteiger partial charge in [-0.3, -0.25) is 28.7 Å². The van der Waals surface area contributed by atoms with Gasteiger partial charge in [0.05, 0.1) is 51.2 Å². The molecule has 0 aromatic heterocycles. The zero-order valence-corrected chi connectivity index (χ0v) is 43.1. The van der Waals surface area contributed by atoms with Crippen molar-refractivity contribution in [1.82, 2.24) is 31.3 Å². The molecule has 1 unspecified atom stereocenters. The number of carbonyl (C=O) groups excluding carboxylic acids is 6. The molecule has 0 rings (SSSR count). The number of amides is 4. The fourth-order valence-electron chi connectivity index (χ4n) is 5.85. The molecule has 0 fully saturated rings. The molecule has 0 aromatic carbocycles. The third-order valence-electron chi connectivity index (χ3n) is 9.58. The van der Waals surface area contributed by atoms with Gasteiger partial charge in [-0.05, 0) is 66.5 Å². The minimum atomic E-state index is -1.18. The van der Waals surface area contributed by atoms with Gasteiger partial charge >= 0.3 is 11.9 Å². The highest BCUT2D eigenvalue weighted by Crippen LogP contribution is 2.14. The summed E-state index contributed by atoms with van der Waals surface area (Å²) in [4.78, 5) is 90.7. The lowest BCUT2D eigenvalue weighted by atomic mass is 10.0. The number of aldehydes is 2. The molecule has 0 radical (unpaired) electrons. The van der Waals surface area contributed by atoms with Gasteiger partial charge in [-0.25, -0.2) is 4.79 Å². The monoisotopic (exact) mass is 1010 g/mol. The van der Waals surface area contributed by atoms with E-state index in [9.17, 15) is 43.5 Å². The number of nitrogens with one attached hydrogen (secondary N) is 6. The second-order valence-electron chi connectivity index (χ2n) is 17.0. The summed E-state index contributed by atoms with van der Waals surface area (Å²) >= 11 is 3.87. The van der Waals surface area contributed by atoms with Crippen LogP contribution in [0.4, 0.5) is 0 Å². The van der Waals surface area contributed by atoms with Crippen LogP contribution in [0.2, 0.25) is 0 Å². The summed E-state index contributed by atoms with van der Waals surface area (Å²) in [7, 11) is 3.75. The normalized spacial score (nSPS) is 11.7. The average molecular weight is 1010 g/mol. The van der Waals surface area contributed by atoms with E-state index in [4.69, 9.17) is 29.8 Å². The predicted molar refractivity (Wildman–Crippen MR) is 268 cm³/mol. The van der Waals surface area contributed by atoms with Gasteiger partial charge in [0.1, 0.15) is 31.8 Å². The number of hydrogen-bond donors (Lipinski definition) is 10. The number of nitrogens with two attached hydrogens (primary N) is 1. The molecule has 0 bridgehead atoms. The Balaban J connectivity index is -0.00000440. The molecular weight excluding hydrogens is 919 g/mol. The third kappa shape index (κ3) is 58.5. The van der Waals surface area contributed by atoms with Crippen molar-refractivity contribution < 1.29 is 67.5 Å². The topological polar surface area (TPSA) is 312 Å². The van der Waals surface area contributed by atoms with E-state index in [0.717, 1.165) is 57.7 Å². The van der Waals surface area contributed by atoms with E-state index in [1.165, 1.54) is 44.9 Å². The molecule has 22 heteroatoms. The molecule has 21 nitrogen and oxygen atoms in total. The average Bonchev–Trinajstić information content (AvgIpc) is 3.30. The lowest BCUT2D eigenvalue weighted by Gasteiger charge is -2.14. The molecule has 0 aliphatic heterocycles. The lowest BCUT2D eigenvalue weighted by molar-refractivity contribution is -0.142. The number of unbranched alkanes of at least 4 members (excludes halogenated alkanes) is 14. The van der Waals surface area contributed by atoms with Crippen LogP contribution in [0.5, 0.6) is 0 Å². The quantitative estimate of drug-likeness (QED) is 0.0238. The maximum Gasteiger partial charge on any atom is 0.326 e. The first-order valence-corrected chi connectivity index (χ1v) is 25.0. The molecule has 404 valence electrons. The number of hydrogen-bond acceptors (Lipinski definition) is 16. The molecule has 0 heterocycles. The zero-order valence-electron chi connectivity index (χ0n) is 42.3. The molecule has 0 spiro atoms. The molecule has 0 saturated heterocycles.